The number of hydrogen-bond acceptors (Lipinski definition) is 3. The first kappa shape index (κ1) is 16.7. The van der Waals surface area contributed by atoms with Crippen molar-refractivity contribution in [1.82, 2.24) is 5.32 Å². The fraction of sp³-hybridized carbons (Fsp3) is 0.875. The maximum absolute atomic E-state index is 12.3. The number of nitrogens with one attached hydrogen (secondary N) is 1. The molecule has 2 unspecified atom stereocenters. The predicted octanol–water partition coefficient (Wildman–Crippen LogP) is 3.06. The molecule has 4 nitrogen and oxygen atoms in total. The highest BCUT2D eigenvalue weighted by Gasteiger charge is 2.31. The average Bonchev–Trinajstić information content (AvgIpc) is 2.48. The van der Waals surface area contributed by atoms with Gasteiger partial charge >= 0.3 is 5.97 Å². The van der Waals surface area contributed by atoms with Gasteiger partial charge in [-0.3, -0.25) is 9.59 Å². The molecular weight excluding hydrogens is 286 g/mol. The third-order valence-electron chi connectivity index (χ3n) is 4.82. The molecule has 1 amide bonds. The molecule has 21 heavy (non-hydrogen) atoms. The van der Waals surface area contributed by atoms with E-state index in [9.17, 15) is 9.59 Å². The van der Waals surface area contributed by atoms with Crippen LogP contribution in [0.15, 0.2) is 0 Å². The van der Waals surface area contributed by atoms with Gasteiger partial charge in [0.05, 0.1) is 5.92 Å². The van der Waals surface area contributed by atoms with Crippen molar-refractivity contribution in [2.45, 2.75) is 69.6 Å². The van der Waals surface area contributed by atoms with Crippen LogP contribution in [-0.2, 0) is 9.59 Å². The summed E-state index contributed by atoms with van der Waals surface area (Å²) >= 11 is 2.01. The van der Waals surface area contributed by atoms with Crippen LogP contribution >= 0.6 is 11.8 Å². The van der Waals surface area contributed by atoms with E-state index in [0.29, 0.717) is 24.1 Å². The molecule has 0 aromatic carbocycles. The lowest BCUT2D eigenvalue weighted by Crippen LogP contribution is -2.43. The Hall–Kier alpha value is -0.710. The zero-order chi connectivity index (χ0) is 15.2. The number of aliphatic carboxylic acids is 1. The van der Waals surface area contributed by atoms with Crippen LogP contribution < -0.4 is 5.32 Å². The smallest absolute Gasteiger partial charge is 0.306 e. The molecule has 2 fully saturated rings. The minimum atomic E-state index is -0.708. The Labute approximate surface area is 131 Å². The molecule has 2 atom stereocenters. The van der Waals surface area contributed by atoms with Gasteiger partial charge < -0.3 is 10.4 Å². The van der Waals surface area contributed by atoms with Gasteiger partial charge in [-0.15, -0.1) is 0 Å². The largest absolute Gasteiger partial charge is 0.481 e. The van der Waals surface area contributed by atoms with Crippen LogP contribution in [0.2, 0.25) is 0 Å². The molecule has 0 aromatic heterocycles. The first-order valence-corrected chi connectivity index (χ1v) is 9.29. The lowest BCUT2D eigenvalue weighted by atomic mass is 9.81. The minimum absolute atomic E-state index is 0.0276. The number of carboxylic acids is 1. The molecule has 0 bridgehead atoms. The third kappa shape index (κ3) is 4.90. The van der Waals surface area contributed by atoms with Gasteiger partial charge in [0, 0.05) is 17.2 Å². The molecule has 0 radical (unpaired) electrons. The van der Waals surface area contributed by atoms with Crippen molar-refractivity contribution in [2.75, 3.05) is 5.75 Å². The van der Waals surface area contributed by atoms with Crippen molar-refractivity contribution in [3.05, 3.63) is 0 Å². The van der Waals surface area contributed by atoms with Gasteiger partial charge in [-0.25, -0.2) is 0 Å². The molecule has 2 N–H and O–H groups in total. The van der Waals surface area contributed by atoms with Gasteiger partial charge in [-0.1, -0.05) is 13.3 Å². The first-order valence-electron chi connectivity index (χ1n) is 8.25. The van der Waals surface area contributed by atoms with Crippen molar-refractivity contribution in [3.63, 3.8) is 0 Å². The highest BCUT2D eigenvalue weighted by molar-refractivity contribution is 7.99. The Kier molecular flexibility index (Phi) is 6.40. The summed E-state index contributed by atoms with van der Waals surface area (Å²) in [5.41, 5.74) is 0. The summed E-state index contributed by atoms with van der Waals surface area (Å²) in [4.78, 5) is 23.3. The van der Waals surface area contributed by atoms with Gasteiger partial charge in [-0.2, -0.15) is 11.8 Å². The van der Waals surface area contributed by atoms with E-state index in [0.717, 1.165) is 31.4 Å². The summed E-state index contributed by atoms with van der Waals surface area (Å²) in [5, 5.41) is 12.9. The van der Waals surface area contributed by atoms with Crippen LogP contribution in [0.25, 0.3) is 0 Å². The number of carbonyl (C=O) groups is 2. The first-order chi connectivity index (χ1) is 10.1. The maximum atomic E-state index is 12.3. The molecule has 2 rings (SSSR count). The number of thioether (sulfide) groups is 1. The molecule has 0 spiro atoms. The highest BCUT2D eigenvalue weighted by Crippen LogP contribution is 2.31. The van der Waals surface area contributed by atoms with Crippen LogP contribution in [0.5, 0.6) is 0 Å². The van der Waals surface area contributed by atoms with Crippen LogP contribution in [0.3, 0.4) is 0 Å². The molecule has 0 heterocycles. The topological polar surface area (TPSA) is 66.4 Å². The van der Waals surface area contributed by atoms with E-state index in [1.165, 1.54) is 12.8 Å². The SMILES string of the molecule is CCSC1CCCC(NC(=O)C2CCC(C(=O)O)CC2)C1. The van der Waals surface area contributed by atoms with E-state index >= 15 is 0 Å². The molecule has 2 aliphatic carbocycles. The zero-order valence-electron chi connectivity index (χ0n) is 12.8. The second-order valence-electron chi connectivity index (χ2n) is 6.34. The summed E-state index contributed by atoms with van der Waals surface area (Å²) in [6.07, 6.45) is 7.40. The molecule has 5 heteroatoms. The van der Waals surface area contributed by atoms with Crippen molar-refractivity contribution < 1.29 is 14.7 Å². The predicted molar refractivity (Wildman–Crippen MR) is 85.4 cm³/mol. The van der Waals surface area contributed by atoms with Crippen LogP contribution in [0, 0.1) is 11.8 Å². The summed E-state index contributed by atoms with van der Waals surface area (Å²) in [5.74, 6) is 0.380. The number of carboxylic acid groups (broad SMARTS) is 1. The second kappa shape index (κ2) is 8.06. The Bertz CT molecular complexity index is 365. The van der Waals surface area contributed by atoms with E-state index < -0.39 is 5.97 Å². The van der Waals surface area contributed by atoms with Crippen LogP contribution in [0.4, 0.5) is 0 Å². The van der Waals surface area contributed by atoms with Gasteiger partial charge in [0.15, 0.2) is 0 Å². The minimum Gasteiger partial charge on any atom is -0.481 e. The van der Waals surface area contributed by atoms with E-state index in [-0.39, 0.29) is 17.7 Å². The van der Waals surface area contributed by atoms with Crippen LogP contribution in [-0.4, -0.2) is 34.0 Å². The Morgan fingerprint density at radius 2 is 1.76 bits per heavy atom. The fourth-order valence-electron chi connectivity index (χ4n) is 3.58. The van der Waals surface area contributed by atoms with Gasteiger partial charge in [0.2, 0.25) is 5.91 Å². The Morgan fingerprint density at radius 1 is 1.10 bits per heavy atom. The monoisotopic (exact) mass is 313 g/mol. The van der Waals surface area contributed by atoms with Gasteiger partial charge in [0.25, 0.3) is 0 Å². The number of rotatable bonds is 5. The molecule has 0 saturated heterocycles. The molecule has 0 aliphatic heterocycles. The van der Waals surface area contributed by atoms with E-state index in [1.807, 2.05) is 11.8 Å². The van der Waals surface area contributed by atoms with E-state index in [2.05, 4.69) is 12.2 Å². The molecule has 0 aromatic rings. The summed E-state index contributed by atoms with van der Waals surface area (Å²) in [6.45, 7) is 2.19. The fourth-order valence-corrected chi connectivity index (χ4v) is 4.76. The standard InChI is InChI=1S/C16H27NO3S/c1-2-21-14-5-3-4-13(10-14)17-15(18)11-6-8-12(9-7-11)16(19)20/h11-14H,2-10H2,1H3,(H,17,18)(H,19,20). The van der Waals surface area contributed by atoms with Crippen molar-refractivity contribution in [1.29, 1.82) is 0 Å². The summed E-state index contributed by atoms with van der Waals surface area (Å²) < 4.78 is 0. The van der Waals surface area contributed by atoms with Crippen molar-refractivity contribution >= 4 is 23.6 Å². The van der Waals surface area contributed by atoms with E-state index in [4.69, 9.17) is 5.11 Å². The van der Waals surface area contributed by atoms with Crippen molar-refractivity contribution in [3.8, 4) is 0 Å². The maximum Gasteiger partial charge on any atom is 0.306 e. The Morgan fingerprint density at radius 3 is 2.38 bits per heavy atom. The molecule has 2 aliphatic rings. The quantitative estimate of drug-likeness (QED) is 0.818. The van der Waals surface area contributed by atoms with Crippen molar-refractivity contribution in [2.24, 2.45) is 11.8 Å². The molecular formula is C16H27NO3S. The molecule has 120 valence electrons. The number of carbonyl (C=O) groups excluding carboxylic acids is 1. The van der Waals surface area contributed by atoms with Gasteiger partial charge in [0.1, 0.15) is 0 Å². The zero-order valence-corrected chi connectivity index (χ0v) is 13.7. The third-order valence-corrected chi connectivity index (χ3v) is 6.05. The number of amides is 1. The normalized spacial score (nSPS) is 33.4. The van der Waals surface area contributed by atoms with E-state index in [1.54, 1.807) is 0 Å². The lowest BCUT2D eigenvalue weighted by molar-refractivity contribution is -0.144. The summed E-state index contributed by atoms with van der Waals surface area (Å²) in [7, 11) is 0. The second-order valence-corrected chi connectivity index (χ2v) is 7.91. The number of hydrogen-bond donors (Lipinski definition) is 2. The summed E-state index contributed by atoms with van der Waals surface area (Å²) in [6, 6.07) is 0.326. The highest BCUT2D eigenvalue weighted by atomic mass is 32.2. The van der Waals surface area contributed by atoms with Crippen LogP contribution in [0.1, 0.15) is 58.3 Å². The van der Waals surface area contributed by atoms with Gasteiger partial charge in [-0.05, 0) is 50.7 Å². The average molecular weight is 313 g/mol. The lowest BCUT2D eigenvalue weighted by Gasteiger charge is -2.32. The molecule has 2 saturated carbocycles. The Balaban J connectivity index is 1.75.